The molecule has 1 amide bonds. The number of carbonyl (C=O) groups excluding carboxylic acids is 1. The molecule has 0 aromatic carbocycles. The number of rotatable bonds is 7. The van der Waals surface area contributed by atoms with Gasteiger partial charge >= 0.3 is 0 Å². The van der Waals surface area contributed by atoms with Gasteiger partial charge in [-0.05, 0) is 54.0 Å². The van der Waals surface area contributed by atoms with Crippen molar-refractivity contribution in [1.29, 1.82) is 0 Å². The highest BCUT2D eigenvalue weighted by Gasteiger charge is 2.27. The Labute approximate surface area is 169 Å². The molecule has 0 unspecified atom stereocenters. The van der Waals surface area contributed by atoms with Gasteiger partial charge in [-0.2, -0.15) is 0 Å². The van der Waals surface area contributed by atoms with Gasteiger partial charge in [0, 0.05) is 23.5 Å². The van der Waals surface area contributed by atoms with Gasteiger partial charge in [0.1, 0.15) is 4.83 Å². The second-order valence-electron chi connectivity index (χ2n) is 7.26. The molecule has 0 saturated heterocycles. The lowest BCUT2D eigenvalue weighted by Crippen LogP contribution is -2.45. The van der Waals surface area contributed by atoms with Crippen LogP contribution in [0.4, 0.5) is 0 Å². The minimum Gasteiger partial charge on any atom is -0.337 e. The Bertz CT molecular complexity index is 904. The van der Waals surface area contributed by atoms with Crippen molar-refractivity contribution in [2.75, 3.05) is 0 Å². The molecule has 2 aromatic heterocycles. The zero-order chi connectivity index (χ0) is 20.5. The molecule has 0 N–H and O–H groups in total. The van der Waals surface area contributed by atoms with E-state index in [1.807, 2.05) is 53.4 Å². The number of thioether (sulfide) groups is 1. The topological polar surface area (TPSA) is 55.2 Å². The molecule has 0 radical (unpaired) electrons. The van der Waals surface area contributed by atoms with E-state index >= 15 is 0 Å². The SMILES string of the molecule is C=CCn1c(S[C@H](C)C(=O)N(C(C)C)C(C)C)nc2sc(C)c(C)c2c1=O. The molecule has 0 aliphatic carbocycles. The average molecular weight is 408 g/mol. The highest BCUT2D eigenvalue weighted by atomic mass is 32.2. The van der Waals surface area contributed by atoms with E-state index in [9.17, 15) is 9.59 Å². The van der Waals surface area contributed by atoms with E-state index in [1.54, 1.807) is 10.6 Å². The molecule has 0 fully saturated rings. The summed E-state index contributed by atoms with van der Waals surface area (Å²) in [4.78, 5) is 34.5. The lowest BCUT2D eigenvalue weighted by Gasteiger charge is -2.32. The number of hydrogen-bond donors (Lipinski definition) is 0. The second-order valence-corrected chi connectivity index (χ2v) is 9.77. The summed E-state index contributed by atoms with van der Waals surface area (Å²) in [5.41, 5.74) is 0.922. The summed E-state index contributed by atoms with van der Waals surface area (Å²) >= 11 is 2.87. The Kier molecular flexibility index (Phi) is 6.92. The third-order valence-electron chi connectivity index (χ3n) is 4.56. The van der Waals surface area contributed by atoms with Crippen LogP contribution in [0, 0.1) is 13.8 Å². The molecule has 148 valence electrons. The highest BCUT2D eigenvalue weighted by molar-refractivity contribution is 8.00. The van der Waals surface area contributed by atoms with Crippen LogP contribution in [0.25, 0.3) is 10.2 Å². The number of aromatic nitrogens is 2. The van der Waals surface area contributed by atoms with Crippen LogP contribution in [0.2, 0.25) is 0 Å². The van der Waals surface area contributed by atoms with Gasteiger partial charge in [0.2, 0.25) is 5.91 Å². The van der Waals surface area contributed by atoms with E-state index in [-0.39, 0.29) is 28.8 Å². The fourth-order valence-electron chi connectivity index (χ4n) is 3.21. The number of nitrogens with zero attached hydrogens (tertiary/aromatic N) is 3. The maximum Gasteiger partial charge on any atom is 0.263 e. The molecule has 2 heterocycles. The molecule has 27 heavy (non-hydrogen) atoms. The molecule has 0 aliphatic heterocycles. The van der Waals surface area contributed by atoms with Gasteiger partial charge < -0.3 is 4.90 Å². The molecule has 5 nitrogen and oxygen atoms in total. The lowest BCUT2D eigenvalue weighted by molar-refractivity contribution is -0.133. The maximum absolute atomic E-state index is 13.0. The zero-order valence-corrected chi connectivity index (χ0v) is 18.8. The molecular weight excluding hydrogens is 378 g/mol. The molecule has 2 rings (SSSR count). The number of amides is 1. The van der Waals surface area contributed by atoms with E-state index in [2.05, 4.69) is 6.58 Å². The summed E-state index contributed by atoms with van der Waals surface area (Å²) in [6.45, 7) is 18.0. The number of fused-ring (bicyclic) bond motifs is 1. The van der Waals surface area contributed by atoms with Crippen LogP contribution in [0.1, 0.15) is 45.1 Å². The van der Waals surface area contributed by atoms with Crippen LogP contribution in [0.15, 0.2) is 22.6 Å². The van der Waals surface area contributed by atoms with Crippen molar-refractivity contribution in [3.8, 4) is 0 Å². The van der Waals surface area contributed by atoms with Crippen molar-refractivity contribution in [3.05, 3.63) is 33.4 Å². The van der Waals surface area contributed by atoms with Crippen LogP contribution >= 0.6 is 23.1 Å². The summed E-state index contributed by atoms with van der Waals surface area (Å²) < 4.78 is 1.62. The van der Waals surface area contributed by atoms with Crippen molar-refractivity contribution in [3.63, 3.8) is 0 Å². The first-order valence-electron chi connectivity index (χ1n) is 9.20. The molecule has 0 aliphatic rings. The first-order chi connectivity index (χ1) is 12.6. The molecule has 0 spiro atoms. The van der Waals surface area contributed by atoms with Crippen molar-refractivity contribution in [2.45, 2.75) is 77.5 Å². The summed E-state index contributed by atoms with van der Waals surface area (Å²) in [5, 5.41) is 0.910. The first-order valence-corrected chi connectivity index (χ1v) is 10.9. The van der Waals surface area contributed by atoms with Gasteiger partial charge in [0.25, 0.3) is 5.56 Å². The Balaban J connectivity index is 2.48. The summed E-state index contributed by atoms with van der Waals surface area (Å²) in [5.74, 6) is 0.0584. The van der Waals surface area contributed by atoms with Gasteiger partial charge in [0.15, 0.2) is 5.16 Å². The van der Waals surface area contributed by atoms with Crippen LogP contribution in [-0.4, -0.2) is 37.7 Å². The van der Waals surface area contributed by atoms with Gasteiger partial charge in [-0.15, -0.1) is 17.9 Å². The maximum atomic E-state index is 13.0. The fourth-order valence-corrected chi connectivity index (χ4v) is 5.26. The summed E-state index contributed by atoms with van der Waals surface area (Å²) in [7, 11) is 0. The van der Waals surface area contributed by atoms with Crippen LogP contribution < -0.4 is 5.56 Å². The molecule has 2 aromatic rings. The molecular formula is C20H29N3O2S2. The van der Waals surface area contributed by atoms with E-state index in [0.717, 1.165) is 15.3 Å². The third-order valence-corrected chi connectivity index (χ3v) is 6.74. The standard InChI is InChI=1S/C20H29N3O2S2/c1-9-10-22-19(25)16-13(6)14(7)26-17(16)21-20(22)27-15(8)18(24)23(11(2)3)12(4)5/h9,11-12,15H,1,10H2,2-8H3/t15-/m1/s1. The Hall–Kier alpha value is -1.60. The van der Waals surface area contributed by atoms with Crippen molar-refractivity contribution in [2.24, 2.45) is 0 Å². The number of hydrogen-bond acceptors (Lipinski definition) is 5. The monoisotopic (exact) mass is 407 g/mol. The Morgan fingerprint density at radius 1 is 1.26 bits per heavy atom. The smallest absolute Gasteiger partial charge is 0.263 e. The molecule has 0 saturated carbocycles. The van der Waals surface area contributed by atoms with E-state index < -0.39 is 0 Å². The Morgan fingerprint density at radius 3 is 2.37 bits per heavy atom. The highest BCUT2D eigenvalue weighted by Crippen LogP contribution is 2.30. The van der Waals surface area contributed by atoms with Crippen molar-refractivity contribution in [1.82, 2.24) is 14.5 Å². The van der Waals surface area contributed by atoms with Crippen molar-refractivity contribution < 1.29 is 4.79 Å². The summed E-state index contributed by atoms with van der Waals surface area (Å²) in [6.07, 6.45) is 1.69. The minimum absolute atomic E-state index is 0.0584. The van der Waals surface area contributed by atoms with Crippen LogP contribution in [0.5, 0.6) is 0 Å². The molecule has 1 atom stereocenters. The Morgan fingerprint density at radius 2 is 1.85 bits per heavy atom. The average Bonchev–Trinajstić information content (AvgIpc) is 2.84. The van der Waals surface area contributed by atoms with E-state index in [1.165, 1.54) is 23.1 Å². The van der Waals surface area contributed by atoms with Gasteiger partial charge in [-0.3, -0.25) is 14.2 Å². The van der Waals surface area contributed by atoms with E-state index in [4.69, 9.17) is 4.98 Å². The number of thiophene rings is 1. The predicted octanol–water partition coefficient (Wildman–Crippen LogP) is 4.39. The predicted molar refractivity (Wildman–Crippen MR) is 116 cm³/mol. The second kappa shape index (κ2) is 8.61. The summed E-state index contributed by atoms with van der Waals surface area (Å²) in [6, 6.07) is 0.239. The number of allylic oxidation sites excluding steroid dienone is 1. The number of aryl methyl sites for hydroxylation is 2. The van der Waals surface area contributed by atoms with Crippen LogP contribution in [-0.2, 0) is 11.3 Å². The normalized spacial score (nSPS) is 12.8. The zero-order valence-electron chi connectivity index (χ0n) is 17.2. The first kappa shape index (κ1) is 21.7. The van der Waals surface area contributed by atoms with Crippen molar-refractivity contribution >= 4 is 39.2 Å². The number of carbonyl (C=O) groups is 1. The van der Waals surface area contributed by atoms with E-state index in [0.29, 0.717) is 17.1 Å². The largest absolute Gasteiger partial charge is 0.337 e. The fraction of sp³-hybridized carbons (Fsp3) is 0.550. The molecule has 0 bridgehead atoms. The third kappa shape index (κ3) is 4.29. The minimum atomic E-state index is -0.336. The quantitative estimate of drug-likeness (QED) is 0.388. The molecule has 7 heteroatoms. The van der Waals surface area contributed by atoms with Gasteiger partial charge in [-0.1, -0.05) is 17.8 Å². The van der Waals surface area contributed by atoms with Gasteiger partial charge in [0.05, 0.1) is 10.6 Å². The van der Waals surface area contributed by atoms with Crippen LogP contribution in [0.3, 0.4) is 0 Å². The lowest BCUT2D eigenvalue weighted by atomic mass is 10.2. The van der Waals surface area contributed by atoms with Gasteiger partial charge in [-0.25, -0.2) is 4.98 Å².